The Bertz CT molecular complexity index is 1990. The molecule has 7 heterocycles. The van der Waals surface area contributed by atoms with E-state index in [4.69, 9.17) is 0 Å². The molecule has 1 atom stereocenters. The molecule has 1 spiro atoms. The number of thiazole rings is 1. The molecule has 8 rings (SSSR count). The van der Waals surface area contributed by atoms with E-state index in [-0.39, 0.29) is 11.3 Å². The van der Waals surface area contributed by atoms with Crippen molar-refractivity contribution in [2.45, 2.75) is 19.3 Å². The Hall–Kier alpha value is -4.75. The third-order valence-electron chi connectivity index (χ3n) is 9.44. The van der Waals surface area contributed by atoms with Gasteiger partial charge < -0.3 is 9.80 Å². The van der Waals surface area contributed by atoms with Crippen molar-refractivity contribution in [3.63, 3.8) is 0 Å². The highest BCUT2D eigenvalue weighted by Gasteiger charge is 2.51. The van der Waals surface area contributed by atoms with E-state index < -0.39 is 5.82 Å². The lowest BCUT2D eigenvalue weighted by Gasteiger charge is -2.32. The summed E-state index contributed by atoms with van der Waals surface area (Å²) in [7, 11) is 1.86. The lowest BCUT2D eigenvalue weighted by Crippen LogP contribution is -2.38. The van der Waals surface area contributed by atoms with Crippen LogP contribution in [-0.4, -0.2) is 89.9 Å². The average molecular weight is 637 g/mol. The van der Waals surface area contributed by atoms with Crippen molar-refractivity contribution in [3.8, 4) is 22.1 Å². The van der Waals surface area contributed by atoms with Crippen LogP contribution in [0.15, 0.2) is 67.4 Å². The minimum absolute atomic E-state index is 0.180. The van der Waals surface area contributed by atoms with Gasteiger partial charge in [0.2, 0.25) is 5.91 Å². The highest BCUT2D eigenvalue weighted by Crippen LogP contribution is 2.43. The number of nitrogens with zero attached hydrogens (tertiary/aromatic N) is 9. The van der Waals surface area contributed by atoms with E-state index in [1.165, 1.54) is 17.8 Å². The van der Waals surface area contributed by atoms with Gasteiger partial charge in [0.1, 0.15) is 22.8 Å². The summed E-state index contributed by atoms with van der Waals surface area (Å²) in [4.78, 5) is 34.8. The van der Waals surface area contributed by atoms with Crippen LogP contribution in [0.25, 0.3) is 38.6 Å². The predicted molar refractivity (Wildman–Crippen MR) is 175 cm³/mol. The van der Waals surface area contributed by atoms with Crippen LogP contribution >= 0.6 is 11.3 Å². The summed E-state index contributed by atoms with van der Waals surface area (Å²) in [5, 5.41) is 13.7. The van der Waals surface area contributed by atoms with Crippen molar-refractivity contribution < 1.29 is 9.18 Å². The quantitative estimate of drug-likeness (QED) is 0.273. The number of aromatic nitrogens is 7. The molecule has 2 fully saturated rings. The molecule has 0 bridgehead atoms. The molecule has 1 amide bonds. The summed E-state index contributed by atoms with van der Waals surface area (Å²) in [6.07, 6.45) is 9.56. The van der Waals surface area contributed by atoms with Crippen molar-refractivity contribution in [2.24, 2.45) is 12.5 Å². The molecule has 234 valence electrons. The Morgan fingerprint density at radius 3 is 2.78 bits per heavy atom. The number of anilines is 1. The number of aromatic amines is 1. The average Bonchev–Trinajstić information content (AvgIpc) is 3.91. The second-order valence-corrected chi connectivity index (χ2v) is 13.4. The Morgan fingerprint density at radius 1 is 1.11 bits per heavy atom. The first-order valence-corrected chi connectivity index (χ1v) is 16.3. The van der Waals surface area contributed by atoms with E-state index >= 15 is 0 Å². The van der Waals surface area contributed by atoms with E-state index in [2.05, 4.69) is 52.7 Å². The summed E-state index contributed by atoms with van der Waals surface area (Å²) in [6, 6.07) is 8.89. The van der Waals surface area contributed by atoms with E-state index in [0.29, 0.717) is 23.8 Å². The van der Waals surface area contributed by atoms with Gasteiger partial charge in [-0.1, -0.05) is 12.7 Å². The second-order valence-electron chi connectivity index (χ2n) is 12.4. The molecule has 46 heavy (non-hydrogen) atoms. The van der Waals surface area contributed by atoms with Crippen molar-refractivity contribution >= 4 is 39.4 Å². The molecule has 3 aliphatic heterocycles. The summed E-state index contributed by atoms with van der Waals surface area (Å²) < 4.78 is 15.2. The molecule has 11 nitrogen and oxygen atoms in total. The van der Waals surface area contributed by atoms with Crippen LogP contribution in [0.4, 0.5) is 10.1 Å². The van der Waals surface area contributed by atoms with Gasteiger partial charge in [-0.2, -0.15) is 10.2 Å². The van der Waals surface area contributed by atoms with E-state index in [1.807, 2.05) is 36.3 Å². The van der Waals surface area contributed by atoms with Gasteiger partial charge in [-0.3, -0.25) is 24.5 Å². The maximum Gasteiger partial charge on any atom is 0.234 e. The summed E-state index contributed by atoms with van der Waals surface area (Å²) in [6.45, 7) is 9.15. The van der Waals surface area contributed by atoms with Crippen LogP contribution in [-0.2, 0) is 11.8 Å². The van der Waals surface area contributed by atoms with Gasteiger partial charge in [0, 0.05) is 62.7 Å². The number of likely N-dealkylation sites (tertiary alicyclic amines) is 1. The number of carbonyl (C=O) groups is 1. The van der Waals surface area contributed by atoms with Crippen molar-refractivity contribution in [3.05, 3.63) is 78.2 Å². The summed E-state index contributed by atoms with van der Waals surface area (Å²) in [5.74, 6) is 0.491. The minimum Gasteiger partial charge on any atom is -0.370 e. The fourth-order valence-corrected chi connectivity index (χ4v) is 7.83. The second kappa shape index (κ2) is 11.2. The first-order chi connectivity index (χ1) is 22.3. The molecule has 0 radical (unpaired) electrons. The van der Waals surface area contributed by atoms with Crippen molar-refractivity contribution in [1.82, 2.24) is 44.7 Å². The number of aryl methyl sites for hydroxylation is 1. The molecule has 4 aromatic heterocycles. The fourth-order valence-electron chi connectivity index (χ4n) is 6.91. The molecule has 0 aliphatic carbocycles. The van der Waals surface area contributed by atoms with Gasteiger partial charge in [0.25, 0.3) is 0 Å². The number of H-pyrrole nitrogens is 1. The van der Waals surface area contributed by atoms with Crippen molar-refractivity contribution in [1.29, 1.82) is 0 Å². The first kappa shape index (κ1) is 28.7. The maximum absolute atomic E-state index is 14.0. The standard InChI is InChI=1S/C33H33FN10OS/c1-21(43-11-7-22(8-12-43)31-36-17-28(46-31)30-37-20-41(2)40-30)18-42-13-9-33(19-42)10-14-44(32(33)45)24-4-6-26-25(15-24)29(39-38-26)27-5-3-23(34)16-35-27/h3-7,15-17,20H,1,8-14,18-19H2,2H3,(H,38,39)/t33-/m0/s1. The molecule has 2 saturated heterocycles. The Labute approximate surface area is 269 Å². The Balaban J connectivity index is 0.903. The molecule has 0 saturated carbocycles. The third-order valence-corrected chi connectivity index (χ3v) is 10.5. The van der Waals surface area contributed by atoms with Crippen LogP contribution in [0, 0.1) is 11.2 Å². The van der Waals surface area contributed by atoms with Crippen LogP contribution in [0.2, 0.25) is 0 Å². The Morgan fingerprint density at radius 2 is 2.00 bits per heavy atom. The molecule has 3 aliphatic rings. The van der Waals surface area contributed by atoms with Gasteiger partial charge in [-0.15, -0.1) is 11.3 Å². The monoisotopic (exact) mass is 636 g/mol. The number of carbonyl (C=O) groups excluding carboxylic acids is 1. The van der Waals surface area contributed by atoms with Gasteiger partial charge in [-0.05, 0) is 61.7 Å². The van der Waals surface area contributed by atoms with Gasteiger partial charge in [0.15, 0.2) is 5.82 Å². The number of amides is 1. The smallest absolute Gasteiger partial charge is 0.234 e. The summed E-state index contributed by atoms with van der Waals surface area (Å²) in [5.41, 5.74) is 4.86. The predicted octanol–water partition coefficient (Wildman–Crippen LogP) is 4.75. The van der Waals surface area contributed by atoms with Crippen LogP contribution in [0.1, 0.15) is 24.3 Å². The molecule has 5 aromatic rings. The van der Waals surface area contributed by atoms with E-state index in [0.717, 1.165) is 84.2 Å². The number of rotatable bonds is 7. The topological polar surface area (TPSA) is 112 Å². The first-order valence-electron chi connectivity index (χ1n) is 15.4. The molecular weight excluding hydrogens is 603 g/mol. The number of pyridine rings is 1. The number of fused-ring (bicyclic) bond motifs is 1. The lowest BCUT2D eigenvalue weighted by molar-refractivity contribution is -0.125. The zero-order valence-corrected chi connectivity index (χ0v) is 26.3. The lowest BCUT2D eigenvalue weighted by atomic mass is 9.85. The third kappa shape index (κ3) is 5.09. The highest BCUT2D eigenvalue weighted by atomic mass is 32.1. The van der Waals surface area contributed by atoms with Gasteiger partial charge >= 0.3 is 0 Å². The zero-order valence-electron chi connectivity index (χ0n) is 25.5. The molecular formula is C33H33FN10OS. The summed E-state index contributed by atoms with van der Waals surface area (Å²) >= 11 is 1.63. The number of hydrogen-bond acceptors (Lipinski definition) is 9. The SMILES string of the molecule is C=C(CN1CC[C@]2(CCN(c3ccc4[nH]nc(-c5ccc(F)cn5)c4c3)C2=O)C1)N1CC=C(c2ncc(-c3ncn(C)n3)s2)CC1. The number of halogens is 1. The van der Waals surface area contributed by atoms with Crippen LogP contribution in [0.5, 0.6) is 0 Å². The molecule has 0 unspecified atom stereocenters. The molecule has 13 heteroatoms. The number of benzene rings is 1. The minimum atomic E-state index is -0.394. The van der Waals surface area contributed by atoms with Gasteiger partial charge in [0.05, 0.1) is 27.7 Å². The van der Waals surface area contributed by atoms with Crippen molar-refractivity contribution in [2.75, 3.05) is 44.2 Å². The van der Waals surface area contributed by atoms with Crippen LogP contribution < -0.4 is 4.90 Å². The molecule has 1 N–H and O–H groups in total. The van der Waals surface area contributed by atoms with Crippen LogP contribution in [0.3, 0.4) is 0 Å². The normalized spacial score (nSPS) is 20.4. The number of hydrogen-bond donors (Lipinski definition) is 1. The van der Waals surface area contributed by atoms with E-state index in [1.54, 1.807) is 28.4 Å². The van der Waals surface area contributed by atoms with Gasteiger partial charge in [-0.25, -0.2) is 14.4 Å². The fraction of sp³-hybridized carbons (Fsp3) is 0.333. The highest BCUT2D eigenvalue weighted by molar-refractivity contribution is 7.16. The maximum atomic E-state index is 14.0. The Kier molecular flexibility index (Phi) is 7.02. The van der Waals surface area contributed by atoms with E-state index in [9.17, 15) is 9.18 Å². The number of nitrogens with one attached hydrogen (secondary N) is 1. The largest absolute Gasteiger partial charge is 0.370 e. The molecule has 1 aromatic carbocycles. The zero-order chi connectivity index (χ0) is 31.4.